The molecule has 1 aromatic carbocycles. The Morgan fingerprint density at radius 1 is 1.39 bits per heavy atom. The van der Waals surface area contributed by atoms with Crippen LogP contribution in [0.2, 0.25) is 0 Å². The van der Waals surface area contributed by atoms with E-state index in [0.29, 0.717) is 13.2 Å². The maximum Gasteiger partial charge on any atom is 0.0947 e. The molecule has 2 N–H and O–H groups in total. The first-order valence-electron chi connectivity index (χ1n) is 5.81. The van der Waals surface area contributed by atoms with E-state index >= 15 is 0 Å². The van der Waals surface area contributed by atoms with E-state index in [4.69, 9.17) is 4.74 Å². The van der Waals surface area contributed by atoms with Gasteiger partial charge in [-0.25, -0.2) is 0 Å². The first-order valence-corrected chi connectivity index (χ1v) is 6.60. The third-order valence-electron chi connectivity index (χ3n) is 2.72. The lowest BCUT2D eigenvalue weighted by atomic mass is 10.1. The van der Waals surface area contributed by atoms with Gasteiger partial charge >= 0.3 is 0 Å². The van der Waals surface area contributed by atoms with Gasteiger partial charge in [-0.15, -0.1) is 0 Å². The lowest BCUT2D eigenvalue weighted by molar-refractivity contribution is 0.0695. The van der Waals surface area contributed by atoms with Crippen molar-refractivity contribution >= 4 is 21.6 Å². The highest BCUT2D eigenvalue weighted by atomic mass is 79.9. The van der Waals surface area contributed by atoms with E-state index in [0.717, 1.165) is 15.7 Å². The van der Waals surface area contributed by atoms with Gasteiger partial charge in [0, 0.05) is 30.9 Å². The number of likely N-dealkylation sites (N-methyl/N-ethyl adjacent to an activating group) is 1. The number of anilines is 1. The number of hydrogen-bond donors (Lipinski definition) is 2. The van der Waals surface area contributed by atoms with Crippen LogP contribution in [0, 0.1) is 0 Å². The summed E-state index contributed by atoms with van der Waals surface area (Å²) in [6, 6.07) is 5.73. The van der Waals surface area contributed by atoms with E-state index in [9.17, 15) is 10.2 Å². The van der Waals surface area contributed by atoms with Crippen molar-refractivity contribution in [2.45, 2.75) is 19.1 Å². The van der Waals surface area contributed by atoms with Crippen LogP contribution in [-0.4, -0.2) is 43.6 Å². The Morgan fingerprint density at radius 2 is 2.06 bits per heavy atom. The van der Waals surface area contributed by atoms with Gasteiger partial charge in [-0.2, -0.15) is 0 Å². The molecule has 0 heterocycles. The average Bonchev–Trinajstić information content (AvgIpc) is 2.28. The summed E-state index contributed by atoms with van der Waals surface area (Å²) in [6.07, 6.45) is -1.02. The number of aliphatic hydroxyl groups excluding tert-OH is 2. The molecule has 0 aliphatic rings. The SMILES string of the molecule is COCC(O)CN(C)c1ccc([C@H](C)O)c(Br)c1. The first-order chi connectivity index (χ1) is 8.45. The highest BCUT2D eigenvalue weighted by Gasteiger charge is 2.11. The smallest absolute Gasteiger partial charge is 0.0947 e. The van der Waals surface area contributed by atoms with E-state index < -0.39 is 12.2 Å². The minimum atomic E-state index is -0.518. The van der Waals surface area contributed by atoms with E-state index in [1.54, 1.807) is 14.0 Å². The summed E-state index contributed by atoms with van der Waals surface area (Å²) in [5.74, 6) is 0. The van der Waals surface area contributed by atoms with E-state index in [2.05, 4.69) is 15.9 Å². The minimum absolute atomic E-state index is 0.317. The monoisotopic (exact) mass is 317 g/mol. The third kappa shape index (κ3) is 4.24. The van der Waals surface area contributed by atoms with Crippen molar-refractivity contribution in [3.63, 3.8) is 0 Å². The third-order valence-corrected chi connectivity index (χ3v) is 3.41. The zero-order valence-corrected chi connectivity index (χ0v) is 12.5. The summed E-state index contributed by atoms with van der Waals surface area (Å²) in [6.45, 7) is 2.54. The van der Waals surface area contributed by atoms with Gasteiger partial charge in [0.2, 0.25) is 0 Å². The Labute approximate surface area is 116 Å². The van der Waals surface area contributed by atoms with Crippen LogP contribution in [0.25, 0.3) is 0 Å². The Hall–Kier alpha value is -0.620. The molecule has 0 saturated carbocycles. The lowest BCUT2D eigenvalue weighted by Gasteiger charge is -2.23. The number of rotatable bonds is 6. The van der Waals surface area contributed by atoms with Crippen molar-refractivity contribution in [1.82, 2.24) is 0 Å². The molecular formula is C13H20BrNO3. The van der Waals surface area contributed by atoms with E-state index in [1.165, 1.54) is 0 Å². The normalized spacial score (nSPS) is 14.3. The minimum Gasteiger partial charge on any atom is -0.389 e. The number of aliphatic hydroxyl groups is 2. The van der Waals surface area contributed by atoms with E-state index in [-0.39, 0.29) is 0 Å². The van der Waals surface area contributed by atoms with Crippen molar-refractivity contribution in [1.29, 1.82) is 0 Å². The first kappa shape index (κ1) is 15.4. The second kappa shape index (κ2) is 7.09. The second-order valence-corrected chi connectivity index (χ2v) is 5.23. The topological polar surface area (TPSA) is 52.9 Å². The highest BCUT2D eigenvalue weighted by Crippen LogP contribution is 2.27. The fourth-order valence-electron chi connectivity index (χ4n) is 1.76. The fourth-order valence-corrected chi connectivity index (χ4v) is 2.46. The van der Waals surface area contributed by atoms with Gasteiger partial charge in [0.15, 0.2) is 0 Å². The summed E-state index contributed by atoms with van der Waals surface area (Å²) in [5, 5.41) is 19.2. The molecule has 0 saturated heterocycles. The van der Waals surface area contributed by atoms with Gasteiger partial charge in [-0.1, -0.05) is 22.0 Å². The van der Waals surface area contributed by atoms with Crippen LogP contribution >= 0.6 is 15.9 Å². The van der Waals surface area contributed by atoms with Crippen LogP contribution in [0.3, 0.4) is 0 Å². The van der Waals surface area contributed by atoms with Crippen molar-refractivity contribution in [2.24, 2.45) is 0 Å². The predicted octanol–water partition coefficient (Wildman–Crippen LogP) is 1.95. The van der Waals surface area contributed by atoms with Gasteiger partial charge < -0.3 is 19.8 Å². The molecule has 0 bridgehead atoms. The second-order valence-electron chi connectivity index (χ2n) is 4.37. The molecule has 4 nitrogen and oxygen atoms in total. The zero-order chi connectivity index (χ0) is 13.7. The molecule has 102 valence electrons. The van der Waals surface area contributed by atoms with Crippen LogP contribution in [0.1, 0.15) is 18.6 Å². The van der Waals surface area contributed by atoms with Gasteiger partial charge in [0.1, 0.15) is 0 Å². The number of nitrogens with zero attached hydrogens (tertiary/aromatic N) is 1. The summed E-state index contributed by atoms with van der Waals surface area (Å²) >= 11 is 3.44. The molecule has 0 radical (unpaired) electrons. The molecule has 1 unspecified atom stereocenters. The van der Waals surface area contributed by atoms with Crippen LogP contribution in [0.15, 0.2) is 22.7 Å². The molecule has 18 heavy (non-hydrogen) atoms. The van der Waals surface area contributed by atoms with Crippen LogP contribution < -0.4 is 4.90 Å². The molecular weight excluding hydrogens is 298 g/mol. The van der Waals surface area contributed by atoms with Crippen LogP contribution in [-0.2, 0) is 4.74 Å². The summed E-state index contributed by atoms with van der Waals surface area (Å²) in [7, 11) is 3.47. The standard InChI is InChI=1S/C13H20BrNO3/c1-9(16)12-5-4-10(6-13(12)14)15(2)7-11(17)8-18-3/h4-6,9,11,16-17H,7-8H2,1-3H3/t9-,11?/m0/s1. The van der Waals surface area contributed by atoms with Gasteiger partial charge in [-0.3, -0.25) is 0 Å². The van der Waals surface area contributed by atoms with E-state index in [1.807, 2.05) is 30.1 Å². The molecule has 0 spiro atoms. The highest BCUT2D eigenvalue weighted by molar-refractivity contribution is 9.10. The zero-order valence-electron chi connectivity index (χ0n) is 10.9. The van der Waals surface area contributed by atoms with Gasteiger partial charge in [0.25, 0.3) is 0 Å². The van der Waals surface area contributed by atoms with Crippen molar-refractivity contribution < 1.29 is 14.9 Å². The van der Waals surface area contributed by atoms with Crippen molar-refractivity contribution in [3.8, 4) is 0 Å². The maximum absolute atomic E-state index is 9.67. The Bertz CT molecular complexity index is 384. The van der Waals surface area contributed by atoms with Crippen molar-refractivity contribution in [2.75, 3.05) is 32.2 Å². The molecule has 0 fully saturated rings. The predicted molar refractivity (Wildman–Crippen MR) is 75.9 cm³/mol. The Morgan fingerprint density at radius 3 is 2.56 bits per heavy atom. The summed E-state index contributed by atoms with van der Waals surface area (Å²) in [4.78, 5) is 1.94. The van der Waals surface area contributed by atoms with Crippen molar-refractivity contribution in [3.05, 3.63) is 28.2 Å². The van der Waals surface area contributed by atoms with Crippen LogP contribution in [0.4, 0.5) is 5.69 Å². The van der Waals surface area contributed by atoms with Gasteiger partial charge in [-0.05, 0) is 24.6 Å². The fraction of sp³-hybridized carbons (Fsp3) is 0.538. The van der Waals surface area contributed by atoms with Gasteiger partial charge in [0.05, 0.1) is 18.8 Å². The summed E-state index contributed by atoms with van der Waals surface area (Å²) < 4.78 is 5.76. The Balaban J connectivity index is 2.75. The molecule has 1 aromatic rings. The number of benzene rings is 1. The molecule has 0 aromatic heterocycles. The number of ether oxygens (including phenoxy) is 1. The molecule has 5 heteroatoms. The molecule has 0 aliphatic heterocycles. The molecule has 1 rings (SSSR count). The number of methoxy groups -OCH3 is 1. The maximum atomic E-state index is 9.67. The molecule has 0 amide bonds. The number of hydrogen-bond acceptors (Lipinski definition) is 4. The number of halogens is 1. The molecule has 0 aliphatic carbocycles. The quantitative estimate of drug-likeness (QED) is 0.842. The summed E-state index contributed by atoms with van der Waals surface area (Å²) in [5.41, 5.74) is 1.83. The largest absolute Gasteiger partial charge is 0.389 e. The molecule has 2 atom stereocenters. The lowest BCUT2D eigenvalue weighted by Crippen LogP contribution is -2.31. The Kier molecular flexibility index (Phi) is 6.08. The average molecular weight is 318 g/mol. The van der Waals surface area contributed by atoms with Crippen LogP contribution in [0.5, 0.6) is 0 Å².